The van der Waals surface area contributed by atoms with Crippen molar-refractivity contribution in [2.45, 2.75) is 38.6 Å². The van der Waals surface area contributed by atoms with Gasteiger partial charge in [-0.3, -0.25) is 14.4 Å². The number of carbonyl (C=O) groups is 5. The number of aromatic amines is 1. The molecule has 3 aromatic carbocycles. The second-order valence-corrected chi connectivity index (χ2v) is 12.4. The molecule has 14 nitrogen and oxygen atoms in total. The molecule has 1 atom stereocenters. The van der Waals surface area contributed by atoms with Crippen molar-refractivity contribution in [3.05, 3.63) is 90.1 Å². The van der Waals surface area contributed by atoms with E-state index in [-0.39, 0.29) is 30.1 Å². The van der Waals surface area contributed by atoms with Gasteiger partial charge in [0.15, 0.2) is 0 Å². The number of hydrogen-bond acceptors (Lipinski definition) is 7. The quantitative estimate of drug-likeness (QED) is 0.0483. The van der Waals surface area contributed by atoms with Gasteiger partial charge in [0.2, 0.25) is 0 Å². The summed E-state index contributed by atoms with van der Waals surface area (Å²) in [6, 6.07) is 19.2. The Bertz CT molecular complexity index is 1850. The molecule has 0 saturated carbocycles. The number of benzene rings is 3. The van der Waals surface area contributed by atoms with E-state index in [4.69, 9.17) is 10.0 Å². The third-order valence-electron chi connectivity index (χ3n) is 8.74. The topological polar surface area (TPSA) is 196 Å². The summed E-state index contributed by atoms with van der Waals surface area (Å²) in [5.74, 6) is -1.41. The van der Waals surface area contributed by atoms with Crippen LogP contribution in [0.4, 0.5) is 21.0 Å². The molecule has 51 heavy (non-hydrogen) atoms. The van der Waals surface area contributed by atoms with E-state index in [0.29, 0.717) is 59.5 Å². The molecule has 7 N–H and O–H groups in total. The Labute approximate surface area is 295 Å². The van der Waals surface area contributed by atoms with Crippen molar-refractivity contribution >= 4 is 64.5 Å². The van der Waals surface area contributed by atoms with Crippen LogP contribution in [0.1, 0.15) is 53.3 Å². The van der Waals surface area contributed by atoms with Crippen molar-refractivity contribution in [1.29, 1.82) is 0 Å². The zero-order valence-electron chi connectivity index (χ0n) is 28.4. The number of piperazine rings is 1. The summed E-state index contributed by atoms with van der Waals surface area (Å²) in [6.07, 6.45) is 4.68. The van der Waals surface area contributed by atoms with E-state index in [1.54, 1.807) is 59.5 Å². The molecule has 4 aromatic rings. The lowest BCUT2D eigenvalue weighted by molar-refractivity contribution is -0.130. The Morgan fingerprint density at radius 1 is 0.804 bits per heavy atom. The SMILES string of the molecule is C[C@@H]1CN(C(=O)c2ccccc2)CCN1C(=O)C(=O)c1c[nH]c2c(NC(=O)NCCCCCCNC(=O)Nc3ccc(B(O)O)cc3)cccc12. The van der Waals surface area contributed by atoms with Crippen LogP contribution in [-0.4, -0.2) is 100 Å². The first-order chi connectivity index (χ1) is 24.6. The highest BCUT2D eigenvalue weighted by Gasteiger charge is 2.34. The van der Waals surface area contributed by atoms with Gasteiger partial charge in [-0.1, -0.05) is 55.3 Å². The number of rotatable bonds is 13. The van der Waals surface area contributed by atoms with Crippen LogP contribution in [0.25, 0.3) is 10.9 Å². The minimum Gasteiger partial charge on any atom is -0.423 e. The lowest BCUT2D eigenvalue weighted by atomic mass is 9.80. The summed E-state index contributed by atoms with van der Waals surface area (Å²) in [5.41, 5.74) is 2.64. The van der Waals surface area contributed by atoms with Gasteiger partial charge in [0.1, 0.15) is 0 Å². The lowest BCUT2D eigenvalue weighted by Crippen LogP contribution is -2.56. The van der Waals surface area contributed by atoms with E-state index in [0.717, 1.165) is 25.7 Å². The first-order valence-electron chi connectivity index (χ1n) is 17.0. The molecule has 5 rings (SSSR count). The van der Waals surface area contributed by atoms with Crippen molar-refractivity contribution in [2.75, 3.05) is 43.4 Å². The van der Waals surface area contributed by atoms with Crippen LogP contribution in [-0.2, 0) is 4.79 Å². The van der Waals surface area contributed by atoms with Crippen molar-refractivity contribution in [3.8, 4) is 0 Å². The van der Waals surface area contributed by atoms with Crippen molar-refractivity contribution in [2.24, 2.45) is 0 Å². The number of anilines is 2. The van der Waals surface area contributed by atoms with Crippen molar-refractivity contribution < 1.29 is 34.0 Å². The zero-order chi connectivity index (χ0) is 36.3. The lowest BCUT2D eigenvalue weighted by Gasteiger charge is -2.39. The summed E-state index contributed by atoms with van der Waals surface area (Å²) in [4.78, 5) is 70.6. The maximum atomic E-state index is 13.4. The van der Waals surface area contributed by atoms with Crippen LogP contribution in [0.3, 0.4) is 0 Å². The fourth-order valence-corrected chi connectivity index (χ4v) is 5.99. The molecule has 1 aliphatic heterocycles. The summed E-state index contributed by atoms with van der Waals surface area (Å²) >= 11 is 0. The van der Waals surface area contributed by atoms with Crippen LogP contribution < -0.4 is 26.7 Å². The molecule has 2 heterocycles. The molecule has 1 saturated heterocycles. The summed E-state index contributed by atoms with van der Waals surface area (Å²) in [6.45, 7) is 3.62. The number of nitrogens with one attached hydrogen (secondary N) is 5. The number of aromatic nitrogens is 1. The summed E-state index contributed by atoms with van der Waals surface area (Å²) in [5, 5.41) is 29.9. The number of fused-ring (bicyclic) bond motifs is 1. The smallest absolute Gasteiger partial charge is 0.423 e. The number of amides is 6. The summed E-state index contributed by atoms with van der Waals surface area (Å²) in [7, 11) is -1.56. The molecule has 0 bridgehead atoms. The minimum atomic E-state index is -1.56. The van der Waals surface area contributed by atoms with Crippen LogP contribution >= 0.6 is 0 Å². The monoisotopic (exact) mass is 695 g/mol. The first kappa shape index (κ1) is 36.6. The molecule has 15 heteroatoms. The Hall–Kier alpha value is -5.67. The number of para-hydroxylation sites is 1. The molecular weight excluding hydrogens is 653 g/mol. The van der Waals surface area contributed by atoms with Gasteiger partial charge in [-0.2, -0.15) is 0 Å². The maximum Gasteiger partial charge on any atom is 0.488 e. The molecule has 0 spiro atoms. The van der Waals surface area contributed by atoms with Gasteiger partial charge in [-0.05, 0) is 55.6 Å². The van der Waals surface area contributed by atoms with Crippen LogP contribution in [0.5, 0.6) is 0 Å². The van der Waals surface area contributed by atoms with Gasteiger partial charge >= 0.3 is 19.2 Å². The molecule has 0 radical (unpaired) electrons. The van der Waals surface area contributed by atoms with Gasteiger partial charge < -0.3 is 46.1 Å². The number of nitrogens with zero attached hydrogens (tertiary/aromatic N) is 2. The molecule has 0 aliphatic carbocycles. The van der Waals surface area contributed by atoms with E-state index in [1.807, 2.05) is 13.0 Å². The van der Waals surface area contributed by atoms with E-state index in [9.17, 15) is 24.0 Å². The van der Waals surface area contributed by atoms with Gasteiger partial charge in [0.05, 0.1) is 16.8 Å². The zero-order valence-corrected chi connectivity index (χ0v) is 28.4. The Morgan fingerprint density at radius 2 is 1.47 bits per heavy atom. The van der Waals surface area contributed by atoms with E-state index in [2.05, 4.69) is 26.3 Å². The number of unbranched alkanes of at least 4 members (excludes halogenated alkanes) is 3. The van der Waals surface area contributed by atoms with Crippen LogP contribution in [0.15, 0.2) is 79.0 Å². The van der Waals surface area contributed by atoms with Gasteiger partial charge in [-0.25, -0.2) is 9.59 Å². The van der Waals surface area contributed by atoms with Crippen LogP contribution in [0.2, 0.25) is 0 Å². The molecule has 1 aliphatic rings. The first-order valence-corrected chi connectivity index (χ1v) is 17.0. The normalized spacial score (nSPS) is 14.1. The number of carbonyl (C=O) groups excluding carboxylic acids is 5. The van der Waals surface area contributed by atoms with E-state index in [1.165, 1.54) is 23.2 Å². The Morgan fingerprint density at radius 3 is 2.12 bits per heavy atom. The maximum absolute atomic E-state index is 13.4. The van der Waals surface area contributed by atoms with Gasteiger partial charge in [0.25, 0.3) is 17.6 Å². The molecule has 6 amide bonds. The Balaban J connectivity index is 1.02. The largest absolute Gasteiger partial charge is 0.488 e. The van der Waals surface area contributed by atoms with Crippen LogP contribution in [0, 0.1) is 0 Å². The standard InChI is InChI=1S/C36H42BN7O7/c1-24-23-43(33(46)25-10-5-4-6-11-25)20-21-44(24)34(47)32(45)29-22-40-31-28(29)12-9-13-30(31)42-36(49)39-19-8-3-2-7-18-38-35(48)41-27-16-14-26(15-17-27)37(50)51/h4-6,9-17,22,24,40,50-51H,2-3,7-8,18-21,23H2,1H3,(H2,38,41,48)(H2,39,42,49)/t24-/m1/s1. The predicted octanol–water partition coefficient (Wildman–Crippen LogP) is 2.91. The highest BCUT2D eigenvalue weighted by atomic mass is 16.4. The Kier molecular flexibility index (Phi) is 12.4. The molecular formula is C36H42BN7O7. The van der Waals surface area contributed by atoms with Gasteiger partial charge in [-0.15, -0.1) is 0 Å². The van der Waals surface area contributed by atoms with Crippen molar-refractivity contribution in [3.63, 3.8) is 0 Å². The number of Topliss-reactive ketones (excluding diaryl/α,β-unsaturated/α-hetero) is 1. The second-order valence-electron chi connectivity index (χ2n) is 12.4. The number of urea groups is 2. The molecule has 1 aromatic heterocycles. The third kappa shape index (κ3) is 9.53. The average molecular weight is 696 g/mol. The fraction of sp³-hybridized carbons (Fsp3) is 0.306. The van der Waals surface area contributed by atoms with Gasteiger partial charge in [0, 0.05) is 61.6 Å². The number of hydrogen-bond donors (Lipinski definition) is 7. The highest BCUT2D eigenvalue weighted by molar-refractivity contribution is 6.58. The summed E-state index contributed by atoms with van der Waals surface area (Å²) < 4.78 is 0. The van der Waals surface area contributed by atoms with Crippen molar-refractivity contribution in [1.82, 2.24) is 25.4 Å². The molecule has 1 fully saturated rings. The minimum absolute atomic E-state index is 0.110. The second kappa shape index (κ2) is 17.3. The molecule has 266 valence electrons. The fourth-order valence-electron chi connectivity index (χ4n) is 5.99. The average Bonchev–Trinajstić information content (AvgIpc) is 3.57. The number of ketones is 1. The third-order valence-corrected chi connectivity index (χ3v) is 8.74. The van der Waals surface area contributed by atoms with E-state index >= 15 is 0 Å². The predicted molar refractivity (Wildman–Crippen MR) is 195 cm³/mol. The highest BCUT2D eigenvalue weighted by Crippen LogP contribution is 2.27. The molecule has 0 unspecified atom stereocenters. The van der Waals surface area contributed by atoms with E-state index < -0.39 is 24.8 Å². The number of H-pyrrole nitrogens is 1.